The highest BCUT2D eigenvalue weighted by Gasteiger charge is 2.05. The van der Waals surface area contributed by atoms with E-state index in [1.165, 1.54) is 6.33 Å². The standard InChI is InChI=1S/C7H10N2O2/c10-3-1-2-7(11)6-4-8-5-9-6/h4-5,10H,1-3H2,(H,8,9). The summed E-state index contributed by atoms with van der Waals surface area (Å²) in [7, 11) is 0. The van der Waals surface area contributed by atoms with Crippen molar-refractivity contribution >= 4 is 5.78 Å². The van der Waals surface area contributed by atoms with Gasteiger partial charge in [0.2, 0.25) is 0 Å². The van der Waals surface area contributed by atoms with E-state index in [0.29, 0.717) is 18.5 Å². The Morgan fingerprint density at radius 1 is 1.73 bits per heavy atom. The van der Waals surface area contributed by atoms with Crippen molar-refractivity contribution in [2.75, 3.05) is 6.61 Å². The monoisotopic (exact) mass is 154 g/mol. The van der Waals surface area contributed by atoms with Crippen molar-refractivity contribution in [3.05, 3.63) is 18.2 Å². The first-order valence-corrected chi connectivity index (χ1v) is 3.47. The number of hydrogen-bond acceptors (Lipinski definition) is 3. The molecule has 0 atom stereocenters. The van der Waals surface area contributed by atoms with E-state index >= 15 is 0 Å². The zero-order chi connectivity index (χ0) is 8.10. The van der Waals surface area contributed by atoms with Gasteiger partial charge in [-0.15, -0.1) is 0 Å². The van der Waals surface area contributed by atoms with E-state index in [9.17, 15) is 4.79 Å². The summed E-state index contributed by atoms with van der Waals surface area (Å²) in [4.78, 5) is 17.5. The average molecular weight is 154 g/mol. The second-order valence-electron chi connectivity index (χ2n) is 2.20. The minimum absolute atomic E-state index is 0.0275. The van der Waals surface area contributed by atoms with Crippen molar-refractivity contribution in [3.8, 4) is 0 Å². The van der Waals surface area contributed by atoms with Gasteiger partial charge in [0, 0.05) is 19.2 Å². The first-order chi connectivity index (χ1) is 5.34. The summed E-state index contributed by atoms with van der Waals surface area (Å²) < 4.78 is 0. The molecule has 0 fully saturated rings. The third-order valence-electron chi connectivity index (χ3n) is 1.35. The predicted octanol–water partition coefficient (Wildman–Crippen LogP) is 0.365. The number of Topliss-reactive ketones (excluding diaryl/α,β-unsaturated/α-hetero) is 1. The van der Waals surface area contributed by atoms with Gasteiger partial charge in [-0.2, -0.15) is 0 Å². The number of aromatic nitrogens is 2. The number of imidazole rings is 1. The quantitative estimate of drug-likeness (QED) is 0.615. The number of nitrogens with one attached hydrogen (secondary N) is 1. The number of aliphatic hydroxyl groups is 1. The van der Waals surface area contributed by atoms with E-state index in [0.717, 1.165) is 0 Å². The summed E-state index contributed by atoms with van der Waals surface area (Å²) in [5.74, 6) is -0.0275. The number of aliphatic hydroxyl groups excluding tert-OH is 1. The van der Waals surface area contributed by atoms with E-state index in [-0.39, 0.29) is 12.4 Å². The maximum absolute atomic E-state index is 11.1. The van der Waals surface area contributed by atoms with Crippen LogP contribution in [0.1, 0.15) is 23.3 Å². The number of nitrogens with zero attached hydrogens (tertiary/aromatic N) is 1. The van der Waals surface area contributed by atoms with Gasteiger partial charge in [-0.3, -0.25) is 4.79 Å². The second-order valence-corrected chi connectivity index (χ2v) is 2.20. The molecule has 0 aliphatic carbocycles. The molecule has 0 bridgehead atoms. The summed E-state index contributed by atoms with van der Waals surface area (Å²) in [5, 5.41) is 8.43. The molecule has 4 nitrogen and oxygen atoms in total. The van der Waals surface area contributed by atoms with Gasteiger partial charge in [0.15, 0.2) is 5.78 Å². The molecule has 0 spiro atoms. The lowest BCUT2D eigenvalue weighted by Crippen LogP contribution is -2.00. The smallest absolute Gasteiger partial charge is 0.182 e. The number of H-pyrrole nitrogens is 1. The van der Waals surface area contributed by atoms with Gasteiger partial charge >= 0.3 is 0 Å². The van der Waals surface area contributed by atoms with Crippen LogP contribution in [0.25, 0.3) is 0 Å². The minimum Gasteiger partial charge on any atom is -0.396 e. The molecular weight excluding hydrogens is 144 g/mol. The van der Waals surface area contributed by atoms with Gasteiger partial charge in [0.1, 0.15) is 5.69 Å². The number of carbonyl (C=O) groups is 1. The average Bonchev–Trinajstić information content (AvgIpc) is 2.52. The third-order valence-corrected chi connectivity index (χ3v) is 1.35. The van der Waals surface area contributed by atoms with Gasteiger partial charge in [-0.25, -0.2) is 4.98 Å². The Balaban J connectivity index is 2.43. The van der Waals surface area contributed by atoms with Crippen LogP contribution in [0.5, 0.6) is 0 Å². The zero-order valence-electron chi connectivity index (χ0n) is 6.08. The first kappa shape index (κ1) is 7.94. The van der Waals surface area contributed by atoms with Crippen LogP contribution >= 0.6 is 0 Å². The topological polar surface area (TPSA) is 66.0 Å². The molecule has 0 amide bonds. The van der Waals surface area contributed by atoms with Crippen LogP contribution < -0.4 is 0 Å². The van der Waals surface area contributed by atoms with Crippen molar-refractivity contribution in [3.63, 3.8) is 0 Å². The number of hydrogen-bond donors (Lipinski definition) is 2. The van der Waals surface area contributed by atoms with Crippen molar-refractivity contribution in [1.82, 2.24) is 9.97 Å². The summed E-state index contributed by atoms with van der Waals surface area (Å²) >= 11 is 0. The fraction of sp³-hybridized carbons (Fsp3) is 0.429. The lowest BCUT2D eigenvalue weighted by molar-refractivity contribution is 0.0967. The predicted molar refractivity (Wildman–Crippen MR) is 39.2 cm³/mol. The van der Waals surface area contributed by atoms with Gasteiger partial charge in [0.25, 0.3) is 0 Å². The fourth-order valence-corrected chi connectivity index (χ4v) is 0.780. The SMILES string of the molecule is O=C(CCCO)c1c[nH]cn1. The third kappa shape index (κ3) is 2.16. The second kappa shape index (κ2) is 3.88. The molecule has 4 heteroatoms. The van der Waals surface area contributed by atoms with Crippen LogP contribution in [0.4, 0.5) is 0 Å². The Bertz CT molecular complexity index is 218. The van der Waals surface area contributed by atoms with Crippen LogP contribution in [-0.2, 0) is 0 Å². The number of ketones is 1. The zero-order valence-corrected chi connectivity index (χ0v) is 6.08. The lowest BCUT2D eigenvalue weighted by atomic mass is 10.2. The molecule has 2 N–H and O–H groups in total. The summed E-state index contributed by atoms with van der Waals surface area (Å²) in [5.41, 5.74) is 0.443. The van der Waals surface area contributed by atoms with Gasteiger partial charge in [-0.1, -0.05) is 0 Å². The Hall–Kier alpha value is -1.16. The molecule has 60 valence electrons. The van der Waals surface area contributed by atoms with Crippen LogP contribution in [0.15, 0.2) is 12.5 Å². The lowest BCUT2D eigenvalue weighted by Gasteiger charge is -1.92. The maximum atomic E-state index is 11.1. The molecule has 1 aromatic heterocycles. The van der Waals surface area contributed by atoms with Crippen LogP contribution in [0.3, 0.4) is 0 Å². The fourth-order valence-electron chi connectivity index (χ4n) is 0.780. The van der Waals surface area contributed by atoms with Gasteiger partial charge in [-0.05, 0) is 6.42 Å². The first-order valence-electron chi connectivity index (χ1n) is 3.47. The highest BCUT2D eigenvalue weighted by molar-refractivity contribution is 5.93. The highest BCUT2D eigenvalue weighted by Crippen LogP contribution is 1.99. The van der Waals surface area contributed by atoms with Gasteiger partial charge < -0.3 is 10.1 Å². The Morgan fingerprint density at radius 2 is 2.55 bits per heavy atom. The molecule has 0 aliphatic heterocycles. The Morgan fingerprint density at radius 3 is 3.09 bits per heavy atom. The van der Waals surface area contributed by atoms with Gasteiger partial charge in [0.05, 0.1) is 6.33 Å². The Kier molecular flexibility index (Phi) is 2.80. The van der Waals surface area contributed by atoms with Crippen LogP contribution in [0.2, 0.25) is 0 Å². The van der Waals surface area contributed by atoms with Crippen molar-refractivity contribution < 1.29 is 9.90 Å². The minimum atomic E-state index is -0.0275. The molecule has 0 aromatic carbocycles. The maximum Gasteiger partial charge on any atom is 0.182 e. The molecule has 1 rings (SSSR count). The normalized spacial score (nSPS) is 9.91. The molecular formula is C7H10N2O2. The molecule has 0 saturated heterocycles. The van der Waals surface area contributed by atoms with Crippen LogP contribution in [0, 0.1) is 0 Å². The highest BCUT2D eigenvalue weighted by atomic mass is 16.3. The molecule has 0 saturated carbocycles. The van der Waals surface area contributed by atoms with Crippen molar-refractivity contribution in [2.45, 2.75) is 12.8 Å². The van der Waals surface area contributed by atoms with E-state index in [1.54, 1.807) is 6.20 Å². The molecule has 0 unspecified atom stereocenters. The molecule has 0 aliphatic rings. The number of rotatable bonds is 4. The Labute approximate surface area is 64.3 Å². The van der Waals surface area contributed by atoms with Crippen molar-refractivity contribution in [1.29, 1.82) is 0 Å². The summed E-state index contributed by atoms with van der Waals surface area (Å²) in [6, 6.07) is 0. The van der Waals surface area contributed by atoms with E-state index in [2.05, 4.69) is 9.97 Å². The molecule has 1 heterocycles. The number of carbonyl (C=O) groups excluding carboxylic acids is 1. The number of aromatic amines is 1. The summed E-state index contributed by atoms with van der Waals surface area (Å²) in [6.07, 6.45) is 3.89. The van der Waals surface area contributed by atoms with Crippen LogP contribution in [-0.4, -0.2) is 27.5 Å². The van der Waals surface area contributed by atoms with E-state index < -0.39 is 0 Å². The summed E-state index contributed by atoms with van der Waals surface area (Å²) in [6.45, 7) is 0.0517. The molecule has 1 aromatic rings. The van der Waals surface area contributed by atoms with E-state index in [4.69, 9.17) is 5.11 Å². The van der Waals surface area contributed by atoms with E-state index in [1.807, 2.05) is 0 Å². The largest absolute Gasteiger partial charge is 0.396 e. The van der Waals surface area contributed by atoms with Crippen molar-refractivity contribution in [2.24, 2.45) is 0 Å². The molecule has 11 heavy (non-hydrogen) atoms. The molecule has 0 radical (unpaired) electrons.